The van der Waals surface area contributed by atoms with Gasteiger partial charge in [-0.3, -0.25) is 9.59 Å². The molecule has 0 fully saturated rings. The SMILES string of the molecule is CCn1c(SCC(=O)Nc2ccc(F)c(Cl)c2)nnc1[C@@H](CCSC)NC(=O)c1ccc(OC)cc1. The predicted octanol–water partition coefficient (Wildman–Crippen LogP) is 5.05. The fourth-order valence-electron chi connectivity index (χ4n) is 3.35. The van der Waals surface area contributed by atoms with Crippen molar-refractivity contribution in [3.05, 3.63) is 64.7 Å². The molecule has 0 aliphatic heterocycles. The lowest BCUT2D eigenvalue weighted by atomic mass is 10.1. The van der Waals surface area contributed by atoms with E-state index in [1.54, 1.807) is 43.1 Å². The van der Waals surface area contributed by atoms with Crippen LogP contribution in [0, 0.1) is 5.82 Å². The Morgan fingerprint density at radius 1 is 1.19 bits per heavy atom. The average molecular weight is 552 g/mol. The molecule has 0 saturated heterocycles. The van der Waals surface area contributed by atoms with E-state index in [1.165, 1.54) is 30.0 Å². The molecular formula is C24H27ClFN5O3S2. The first-order valence-corrected chi connectivity index (χ1v) is 13.9. The Morgan fingerprint density at radius 2 is 1.94 bits per heavy atom. The summed E-state index contributed by atoms with van der Waals surface area (Å²) in [7, 11) is 1.57. The highest BCUT2D eigenvalue weighted by Gasteiger charge is 2.23. The third kappa shape index (κ3) is 7.37. The van der Waals surface area contributed by atoms with Crippen molar-refractivity contribution in [3.63, 3.8) is 0 Å². The molecule has 0 aliphatic carbocycles. The smallest absolute Gasteiger partial charge is 0.251 e. The van der Waals surface area contributed by atoms with E-state index in [0.29, 0.717) is 40.9 Å². The molecule has 2 amide bonds. The minimum Gasteiger partial charge on any atom is -0.497 e. The van der Waals surface area contributed by atoms with Gasteiger partial charge in [0.2, 0.25) is 5.91 Å². The Labute approximate surface area is 222 Å². The summed E-state index contributed by atoms with van der Waals surface area (Å²) in [5.74, 6) is 1.12. The first-order chi connectivity index (χ1) is 17.4. The maximum Gasteiger partial charge on any atom is 0.251 e. The zero-order chi connectivity index (χ0) is 26.1. The highest BCUT2D eigenvalue weighted by atomic mass is 35.5. The molecule has 0 radical (unpaired) electrons. The molecule has 8 nitrogen and oxygen atoms in total. The number of anilines is 1. The molecule has 36 heavy (non-hydrogen) atoms. The summed E-state index contributed by atoms with van der Waals surface area (Å²) in [4.78, 5) is 25.3. The first kappa shape index (κ1) is 27.8. The Balaban J connectivity index is 1.70. The number of carbonyl (C=O) groups is 2. The van der Waals surface area contributed by atoms with Gasteiger partial charge in [0, 0.05) is 17.8 Å². The summed E-state index contributed by atoms with van der Waals surface area (Å²) in [5.41, 5.74) is 0.919. The maximum atomic E-state index is 13.3. The molecule has 1 atom stereocenters. The van der Waals surface area contributed by atoms with Gasteiger partial charge in [-0.25, -0.2) is 4.39 Å². The van der Waals surface area contributed by atoms with Gasteiger partial charge in [0.1, 0.15) is 11.6 Å². The van der Waals surface area contributed by atoms with E-state index < -0.39 is 5.82 Å². The van der Waals surface area contributed by atoms with E-state index in [2.05, 4.69) is 20.8 Å². The van der Waals surface area contributed by atoms with Crippen LogP contribution in [-0.2, 0) is 11.3 Å². The summed E-state index contributed by atoms with van der Waals surface area (Å²) in [6.45, 7) is 2.52. The van der Waals surface area contributed by atoms with Gasteiger partial charge in [0.05, 0.1) is 23.9 Å². The van der Waals surface area contributed by atoms with Crippen LogP contribution in [0.2, 0.25) is 5.02 Å². The molecule has 0 aliphatic rings. The molecule has 0 spiro atoms. The van der Waals surface area contributed by atoms with E-state index in [9.17, 15) is 14.0 Å². The second kappa shape index (κ2) is 13.5. The maximum absolute atomic E-state index is 13.3. The number of hydrogen-bond donors (Lipinski definition) is 2. The second-order valence-electron chi connectivity index (χ2n) is 7.59. The summed E-state index contributed by atoms with van der Waals surface area (Å²) < 4.78 is 20.4. The van der Waals surface area contributed by atoms with Crippen LogP contribution in [0.25, 0.3) is 0 Å². The number of aromatic nitrogens is 3. The lowest BCUT2D eigenvalue weighted by Gasteiger charge is -2.19. The molecule has 0 bridgehead atoms. The molecule has 12 heteroatoms. The molecule has 1 heterocycles. The third-order valence-electron chi connectivity index (χ3n) is 5.18. The van der Waals surface area contributed by atoms with E-state index in [4.69, 9.17) is 16.3 Å². The molecule has 3 rings (SSSR count). The van der Waals surface area contributed by atoms with E-state index >= 15 is 0 Å². The van der Waals surface area contributed by atoms with Crippen molar-refractivity contribution in [1.29, 1.82) is 0 Å². The van der Waals surface area contributed by atoms with Crippen LogP contribution in [0.5, 0.6) is 5.75 Å². The van der Waals surface area contributed by atoms with Crippen molar-refractivity contribution in [2.45, 2.75) is 31.1 Å². The number of thioether (sulfide) groups is 2. The van der Waals surface area contributed by atoms with Crippen LogP contribution >= 0.6 is 35.1 Å². The lowest BCUT2D eigenvalue weighted by molar-refractivity contribution is -0.113. The monoisotopic (exact) mass is 551 g/mol. The van der Waals surface area contributed by atoms with Gasteiger partial charge in [-0.05, 0) is 67.8 Å². The number of rotatable bonds is 12. The van der Waals surface area contributed by atoms with Crippen molar-refractivity contribution in [2.75, 3.05) is 30.2 Å². The van der Waals surface area contributed by atoms with Gasteiger partial charge < -0.3 is 19.9 Å². The molecule has 2 N–H and O–H groups in total. The van der Waals surface area contributed by atoms with E-state index in [0.717, 1.165) is 5.75 Å². The number of carbonyl (C=O) groups excluding carboxylic acids is 2. The summed E-state index contributed by atoms with van der Waals surface area (Å²) >= 11 is 8.68. The van der Waals surface area contributed by atoms with Crippen molar-refractivity contribution < 1.29 is 18.7 Å². The van der Waals surface area contributed by atoms with Gasteiger partial charge in [-0.2, -0.15) is 11.8 Å². The van der Waals surface area contributed by atoms with Gasteiger partial charge in [0.15, 0.2) is 11.0 Å². The Kier molecular flexibility index (Phi) is 10.4. The number of nitrogens with one attached hydrogen (secondary N) is 2. The van der Waals surface area contributed by atoms with Gasteiger partial charge in [0.25, 0.3) is 5.91 Å². The van der Waals surface area contributed by atoms with Crippen molar-refractivity contribution in [3.8, 4) is 5.75 Å². The van der Waals surface area contributed by atoms with Gasteiger partial charge in [-0.15, -0.1) is 10.2 Å². The first-order valence-electron chi connectivity index (χ1n) is 11.1. The molecular weight excluding hydrogens is 525 g/mol. The largest absolute Gasteiger partial charge is 0.497 e. The number of halogens is 2. The Morgan fingerprint density at radius 3 is 2.58 bits per heavy atom. The molecule has 0 unspecified atom stereocenters. The molecule has 0 saturated carbocycles. The number of ether oxygens (including phenoxy) is 1. The van der Waals surface area contributed by atoms with Crippen LogP contribution in [-0.4, -0.2) is 51.5 Å². The summed E-state index contributed by atoms with van der Waals surface area (Å²) in [6, 6.07) is 10.5. The zero-order valence-corrected chi connectivity index (χ0v) is 22.5. The lowest BCUT2D eigenvalue weighted by Crippen LogP contribution is -2.31. The fraction of sp³-hybridized carbons (Fsp3) is 0.333. The number of benzene rings is 2. The summed E-state index contributed by atoms with van der Waals surface area (Å²) in [5, 5.41) is 14.9. The molecule has 2 aromatic carbocycles. The normalized spacial score (nSPS) is 11.7. The van der Waals surface area contributed by atoms with Gasteiger partial charge in [-0.1, -0.05) is 23.4 Å². The highest BCUT2D eigenvalue weighted by Crippen LogP contribution is 2.25. The quantitative estimate of drug-likeness (QED) is 0.304. The van der Waals surface area contributed by atoms with Crippen molar-refractivity contribution in [1.82, 2.24) is 20.1 Å². The van der Waals surface area contributed by atoms with Crippen LogP contribution in [0.4, 0.5) is 10.1 Å². The van der Waals surface area contributed by atoms with Crippen LogP contribution < -0.4 is 15.4 Å². The fourth-order valence-corrected chi connectivity index (χ4v) is 4.81. The highest BCUT2D eigenvalue weighted by molar-refractivity contribution is 7.99. The minimum atomic E-state index is -0.553. The van der Waals surface area contributed by atoms with Crippen molar-refractivity contribution >= 4 is 52.6 Å². The Hall–Kier alpha value is -2.76. The molecule has 192 valence electrons. The predicted molar refractivity (Wildman–Crippen MR) is 143 cm³/mol. The number of amides is 2. The number of nitrogens with zero attached hydrogens (tertiary/aromatic N) is 3. The van der Waals surface area contributed by atoms with E-state index in [-0.39, 0.29) is 28.6 Å². The zero-order valence-electron chi connectivity index (χ0n) is 20.1. The van der Waals surface area contributed by atoms with Crippen molar-refractivity contribution in [2.24, 2.45) is 0 Å². The third-order valence-corrected chi connectivity index (χ3v) is 7.08. The second-order valence-corrected chi connectivity index (χ2v) is 9.92. The molecule has 1 aromatic heterocycles. The number of hydrogen-bond acceptors (Lipinski definition) is 7. The van der Waals surface area contributed by atoms with Crippen LogP contribution in [0.1, 0.15) is 35.6 Å². The summed E-state index contributed by atoms with van der Waals surface area (Å²) in [6.07, 6.45) is 2.67. The minimum absolute atomic E-state index is 0.0659. The van der Waals surface area contributed by atoms with Crippen LogP contribution in [0.3, 0.4) is 0 Å². The Bertz CT molecular complexity index is 1190. The standard InChI is InChI=1S/C24H27ClFN5O3S2/c1-4-31-22(20(11-12-35-3)28-23(33)15-5-8-17(34-2)9-6-15)29-30-24(31)36-14-21(32)27-16-7-10-19(26)18(25)13-16/h5-10,13,20H,4,11-12,14H2,1-3H3,(H,27,32)(H,28,33)/t20-/m1/s1. The van der Waals surface area contributed by atoms with Gasteiger partial charge >= 0.3 is 0 Å². The topological polar surface area (TPSA) is 98.1 Å². The number of methoxy groups -OCH3 is 1. The van der Waals surface area contributed by atoms with Crippen LogP contribution in [0.15, 0.2) is 47.6 Å². The average Bonchev–Trinajstić information content (AvgIpc) is 3.30. The van der Waals surface area contributed by atoms with E-state index in [1.807, 2.05) is 17.7 Å². The molecule has 3 aromatic rings.